The van der Waals surface area contributed by atoms with Gasteiger partial charge in [0.1, 0.15) is 11.6 Å². The van der Waals surface area contributed by atoms with Crippen LogP contribution in [0.15, 0.2) is 72.8 Å². The number of halogens is 8. The summed E-state index contributed by atoms with van der Waals surface area (Å²) < 4.78 is 116. The molecule has 0 aromatic heterocycles. The second-order valence-corrected chi connectivity index (χ2v) is 9.13. The molecule has 1 unspecified atom stereocenters. The number of carbonyl (C=O) groups is 1. The lowest BCUT2D eigenvalue weighted by atomic mass is 9.77. The molecule has 0 heterocycles. The zero-order valence-electron chi connectivity index (χ0n) is 21.4. The van der Waals surface area contributed by atoms with E-state index in [2.05, 4.69) is 14.8 Å². The molecular weight excluding hydrogens is 566 g/mol. The molecular formula is C28H25F8NO4. The Bertz CT molecular complexity index is 1300. The standard InChI is InChI=1S/C28H25F8NO4/c1-40-24(39)18-7-9-19(10-8-18)26(14-17-5-3-2-4-6-17,37-16-22(38)15-27(32,33)34)20-11-21(29)13-23(12-20)41-28(35,36)25(30)31/h2-13,22,25,37-38H,14-16H2,1H3/t22?,26-/m1/s1. The van der Waals surface area contributed by atoms with Gasteiger partial charge in [-0.3, -0.25) is 0 Å². The molecule has 0 saturated heterocycles. The van der Waals surface area contributed by atoms with E-state index in [9.17, 15) is 45.0 Å². The fourth-order valence-corrected chi connectivity index (χ4v) is 4.25. The Labute approximate surface area is 229 Å². The van der Waals surface area contributed by atoms with Gasteiger partial charge < -0.3 is 19.9 Å². The number of alkyl halides is 7. The Hall–Kier alpha value is -3.71. The number of methoxy groups -OCH3 is 1. The molecule has 2 atom stereocenters. The van der Waals surface area contributed by atoms with Crippen molar-refractivity contribution in [2.75, 3.05) is 13.7 Å². The third-order valence-corrected chi connectivity index (χ3v) is 6.09. The van der Waals surface area contributed by atoms with Gasteiger partial charge >= 0.3 is 24.7 Å². The first-order chi connectivity index (χ1) is 19.1. The molecule has 222 valence electrons. The van der Waals surface area contributed by atoms with Gasteiger partial charge in [-0.15, -0.1) is 0 Å². The maximum Gasteiger partial charge on any atom is 0.461 e. The van der Waals surface area contributed by atoms with Crippen LogP contribution in [-0.4, -0.2) is 49.5 Å². The molecule has 3 rings (SSSR count). The van der Waals surface area contributed by atoms with Gasteiger partial charge in [-0.25, -0.2) is 9.18 Å². The largest absolute Gasteiger partial charge is 0.465 e. The molecule has 3 aromatic rings. The van der Waals surface area contributed by atoms with Crippen molar-refractivity contribution in [2.45, 2.75) is 43.2 Å². The van der Waals surface area contributed by atoms with Crippen molar-refractivity contribution in [2.24, 2.45) is 0 Å². The summed E-state index contributed by atoms with van der Waals surface area (Å²) >= 11 is 0. The number of hydrogen-bond donors (Lipinski definition) is 2. The van der Waals surface area contributed by atoms with E-state index in [0.717, 1.165) is 19.2 Å². The number of aliphatic hydroxyl groups excluding tert-OH is 1. The molecule has 0 aliphatic rings. The van der Waals surface area contributed by atoms with Gasteiger partial charge in [0.2, 0.25) is 0 Å². The molecule has 0 radical (unpaired) electrons. The zero-order chi connectivity index (χ0) is 30.4. The van der Waals surface area contributed by atoms with Crippen LogP contribution in [0.25, 0.3) is 0 Å². The van der Waals surface area contributed by atoms with Crippen LogP contribution in [0.5, 0.6) is 5.75 Å². The number of rotatable bonds is 12. The van der Waals surface area contributed by atoms with Crippen molar-refractivity contribution in [3.05, 3.63) is 101 Å². The zero-order valence-corrected chi connectivity index (χ0v) is 21.4. The van der Waals surface area contributed by atoms with E-state index in [1.54, 1.807) is 30.3 Å². The number of benzene rings is 3. The number of hydrogen-bond acceptors (Lipinski definition) is 5. The van der Waals surface area contributed by atoms with Crippen molar-refractivity contribution in [3.8, 4) is 5.75 Å². The summed E-state index contributed by atoms with van der Waals surface area (Å²) in [5.41, 5.74) is -1.14. The Kier molecular flexibility index (Phi) is 9.98. The molecule has 41 heavy (non-hydrogen) atoms. The minimum absolute atomic E-state index is 0.0850. The molecule has 5 nitrogen and oxygen atoms in total. The van der Waals surface area contributed by atoms with Crippen LogP contribution in [-0.2, 0) is 16.7 Å². The highest BCUT2D eigenvalue weighted by molar-refractivity contribution is 5.89. The summed E-state index contributed by atoms with van der Waals surface area (Å²) in [7, 11) is 1.14. The Balaban J connectivity index is 2.23. The quantitative estimate of drug-likeness (QED) is 0.193. The number of ether oxygens (including phenoxy) is 2. The molecule has 0 aliphatic heterocycles. The van der Waals surface area contributed by atoms with Gasteiger partial charge in [0, 0.05) is 12.6 Å². The van der Waals surface area contributed by atoms with E-state index in [4.69, 9.17) is 0 Å². The van der Waals surface area contributed by atoms with Gasteiger partial charge in [0.05, 0.1) is 30.7 Å². The van der Waals surface area contributed by atoms with E-state index in [-0.39, 0.29) is 23.1 Å². The van der Waals surface area contributed by atoms with E-state index >= 15 is 0 Å². The van der Waals surface area contributed by atoms with Gasteiger partial charge in [-0.2, -0.15) is 30.7 Å². The van der Waals surface area contributed by atoms with E-state index in [1.165, 1.54) is 24.3 Å². The summed E-state index contributed by atoms with van der Waals surface area (Å²) in [4.78, 5) is 12.0. The molecule has 3 aromatic carbocycles. The van der Waals surface area contributed by atoms with Crippen molar-refractivity contribution in [3.63, 3.8) is 0 Å². The fraction of sp³-hybridized carbons (Fsp3) is 0.321. The van der Waals surface area contributed by atoms with Crippen molar-refractivity contribution < 1.29 is 54.5 Å². The number of nitrogens with one attached hydrogen (secondary N) is 1. The summed E-state index contributed by atoms with van der Waals surface area (Å²) in [6.07, 6.45) is -17.7. The molecule has 0 aliphatic carbocycles. The second kappa shape index (κ2) is 12.9. The average Bonchev–Trinajstić information content (AvgIpc) is 2.89. The van der Waals surface area contributed by atoms with Crippen LogP contribution in [0.4, 0.5) is 35.1 Å². The third-order valence-electron chi connectivity index (χ3n) is 6.09. The highest BCUT2D eigenvalue weighted by Gasteiger charge is 2.45. The highest BCUT2D eigenvalue weighted by Crippen LogP contribution is 2.38. The topological polar surface area (TPSA) is 67.8 Å². The predicted octanol–water partition coefficient (Wildman–Crippen LogP) is 6.24. The van der Waals surface area contributed by atoms with Crippen molar-refractivity contribution >= 4 is 5.97 Å². The molecule has 2 N–H and O–H groups in total. The summed E-state index contributed by atoms with van der Waals surface area (Å²) in [6, 6.07) is 15.8. The third kappa shape index (κ3) is 8.40. The number of esters is 1. The molecule has 13 heteroatoms. The van der Waals surface area contributed by atoms with Gasteiger partial charge in [0.25, 0.3) is 0 Å². The summed E-state index contributed by atoms with van der Waals surface area (Å²) in [5, 5.41) is 13.0. The van der Waals surface area contributed by atoms with Crippen LogP contribution < -0.4 is 10.1 Å². The number of carbonyl (C=O) groups excluding carboxylic acids is 1. The Morgan fingerprint density at radius 1 is 0.927 bits per heavy atom. The van der Waals surface area contributed by atoms with Gasteiger partial charge in [-0.05, 0) is 47.4 Å². The van der Waals surface area contributed by atoms with Crippen LogP contribution >= 0.6 is 0 Å². The molecule has 0 bridgehead atoms. The second-order valence-electron chi connectivity index (χ2n) is 9.13. The van der Waals surface area contributed by atoms with Crippen LogP contribution in [0.2, 0.25) is 0 Å². The molecule has 0 fully saturated rings. The highest BCUT2D eigenvalue weighted by atomic mass is 19.4. The normalized spacial score (nSPS) is 14.4. The lowest BCUT2D eigenvalue weighted by molar-refractivity contribution is -0.253. The first kappa shape index (κ1) is 31.8. The minimum Gasteiger partial charge on any atom is -0.465 e. The smallest absolute Gasteiger partial charge is 0.461 e. The van der Waals surface area contributed by atoms with E-state index < -0.39 is 60.9 Å². The fourth-order valence-electron chi connectivity index (χ4n) is 4.25. The lowest BCUT2D eigenvalue weighted by Crippen LogP contribution is -2.49. The summed E-state index contributed by atoms with van der Waals surface area (Å²) in [6.45, 7) is -0.717. The van der Waals surface area contributed by atoms with E-state index in [0.29, 0.717) is 11.6 Å². The average molecular weight is 591 g/mol. The molecule has 0 saturated carbocycles. The maximum absolute atomic E-state index is 14.8. The molecule has 0 spiro atoms. The van der Waals surface area contributed by atoms with Gasteiger partial charge in [0.15, 0.2) is 0 Å². The van der Waals surface area contributed by atoms with Crippen molar-refractivity contribution in [1.82, 2.24) is 5.32 Å². The van der Waals surface area contributed by atoms with Crippen LogP contribution in [0, 0.1) is 5.82 Å². The monoisotopic (exact) mass is 591 g/mol. The lowest BCUT2D eigenvalue weighted by Gasteiger charge is -2.38. The minimum atomic E-state index is -4.98. The first-order valence-corrected chi connectivity index (χ1v) is 12.0. The molecule has 0 amide bonds. The van der Waals surface area contributed by atoms with Crippen LogP contribution in [0.3, 0.4) is 0 Å². The van der Waals surface area contributed by atoms with Crippen LogP contribution in [0.1, 0.15) is 33.5 Å². The van der Waals surface area contributed by atoms with Gasteiger partial charge in [-0.1, -0.05) is 42.5 Å². The van der Waals surface area contributed by atoms with E-state index in [1.807, 2.05) is 0 Å². The number of aliphatic hydroxyl groups is 1. The first-order valence-electron chi connectivity index (χ1n) is 12.0. The predicted molar refractivity (Wildman–Crippen MR) is 131 cm³/mol. The van der Waals surface area contributed by atoms with Crippen molar-refractivity contribution in [1.29, 1.82) is 0 Å². The SMILES string of the molecule is COC(=O)c1ccc([C@@](Cc2ccccc2)(NCC(O)CC(F)(F)F)c2cc(F)cc(OC(F)(F)C(F)F)c2)cc1. The Morgan fingerprint density at radius 3 is 2.12 bits per heavy atom. The Morgan fingerprint density at radius 2 is 1.56 bits per heavy atom. The summed E-state index contributed by atoms with van der Waals surface area (Å²) in [5.74, 6) is -2.87. The maximum atomic E-state index is 14.8.